The summed E-state index contributed by atoms with van der Waals surface area (Å²) < 4.78 is 4.99. The highest BCUT2D eigenvalue weighted by Gasteiger charge is 2.16. The maximum atomic E-state index is 5.84. The minimum absolute atomic E-state index is 0.106. The molecule has 0 fully saturated rings. The van der Waals surface area contributed by atoms with Crippen LogP contribution >= 0.6 is 0 Å². The van der Waals surface area contributed by atoms with Gasteiger partial charge in [-0.15, -0.1) is 0 Å². The topological polar surface area (TPSA) is 47.3 Å². The zero-order valence-corrected chi connectivity index (χ0v) is 10.9. The van der Waals surface area contributed by atoms with Crippen molar-refractivity contribution in [2.24, 2.45) is 23.5 Å². The predicted molar refractivity (Wildman–Crippen MR) is 65.9 cm³/mol. The molecule has 3 N–H and O–H groups in total. The number of nitrogens with two attached hydrogens (primary N) is 1. The number of rotatable bonds is 8. The lowest BCUT2D eigenvalue weighted by Gasteiger charge is -2.25. The third-order valence-electron chi connectivity index (χ3n) is 2.88. The van der Waals surface area contributed by atoms with Crippen LogP contribution in [0.15, 0.2) is 0 Å². The first-order valence-corrected chi connectivity index (χ1v) is 5.94. The van der Waals surface area contributed by atoms with Gasteiger partial charge in [-0.25, -0.2) is 0 Å². The number of ether oxygens (including phenoxy) is 1. The number of hydrogen-bond acceptors (Lipinski definition) is 3. The maximum absolute atomic E-state index is 5.84. The van der Waals surface area contributed by atoms with E-state index in [9.17, 15) is 0 Å². The van der Waals surface area contributed by atoms with E-state index in [1.807, 2.05) is 0 Å². The Morgan fingerprint density at radius 3 is 2.00 bits per heavy atom. The first-order chi connectivity index (χ1) is 6.99. The lowest BCUT2D eigenvalue weighted by atomic mass is 9.85. The molecule has 3 nitrogen and oxygen atoms in total. The Hall–Kier alpha value is -0.120. The Kier molecular flexibility index (Phi) is 8.02. The van der Waals surface area contributed by atoms with E-state index >= 15 is 0 Å². The van der Waals surface area contributed by atoms with Gasteiger partial charge in [-0.2, -0.15) is 0 Å². The lowest BCUT2D eigenvalue weighted by molar-refractivity contribution is 0.176. The molecule has 0 aromatic rings. The van der Waals surface area contributed by atoms with Crippen molar-refractivity contribution in [3.8, 4) is 0 Å². The molecule has 0 amide bonds. The molecule has 0 aromatic carbocycles. The molecule has 0 radical (unpaired) electrons. The number of methoxy groups -OCH3 is 1. The second-order valence-corrected chi connectivity index (χ2v) is 5.03. The predicted octanol–water partition coefficient (Wildman–Crippen LogP) is 1.48. The molecule has 0 aromatic heterocycles. The zero-order chi connectivity index (χ0) is 11.8. The monoisotopic (exact) mass is 216 g/mol. The Balaban J connectivity index is 3.71. The highest BCUT2D eigenvalue weighted by Crippen LogP contribution is 2.19. The van der Waals surface area contributed by atoms with Crippen molar-refractivity contribution >= 4 is 0 Å². The van der Waals surface area contributed by atoms with E-state index in [4.69, 9.17) is 10.5 Å². The standard InChI is InChI=1S/C12H28N2O/c1-9(2)12(10(3)4)7-14-6-11(13)8-15-5/h9-12,14H,6-8,13H2,1-5H3. The van der Waals surface area contributed by atoms with Gasteiger partial charge >= 0.3 is 0 Å². The van der Waals surface area contributed by atoms with Crippen molar-refractivity contribution < 1.29 is 4.74 Å². The molecule has 1 unspecified atom stereocenters. The van der Waals surface area contributed by atoms with E-state index in [1.54, 1.807) is 7.11 Å². The third kappa shape index (κ3) is 6.88. The van der Waals surface area contributed by atoms with Crippen LogP contribution in [-0.4, -0.2) is 32.8 Å². The second-order valence-electron chi connectivity index (χ2n) is 5.03. The molecule has 0 spiro atoms. The molecule has 0 aliphatic heterocycles. The van der Waals surface area contributed by atoms with Crippen molar-refractivity contribution in [1.82, 2.24) is 5.32 Å². The summed E-state index contributed by atoms with van der Waals surface area (Å²) in [7, 11) is 1.69. The zero-order valence-electron chi connectivity index (χ0n) is 10.9. The van der Waals surface area contributed by atoms with E-state index in [2.05, 4.69) is 33.0 Å². The van der Waals surface area contributed by atoms with Gasteiger partial charge in [-0.05, 0) is 24.3 Å². The molecule has 92 valence electrons. The minimum Gasteiger partial charge on any atom is -0.383 e. The van der Waals surface area contributed by atoms with Crippen LogP contribution < -0.4 is 11.1 Å². The van der Waals surface area contributed by atoms with Crippen LogP contribution in [0.4, 0.5) is 0 Å². The van der Waals surface area contributed by atoms with Gasteiger partial charge in [0, 0.05) is 19.7 Å². The van der Waals surface area contributed by atoms with E-state index in [-0.39, 0.29) is 6.04 Å². The molecule has 0 bridgehead atoms. The molecule has 15 heavy (non-hydrogen) atoms. The molecule has 0 aliphatic carbocycles. The molecule has 0 saturated heterocycles. The fourth-order valence-electron chi connectivity index (χ4n) is 1.95. The number of nitrogens with one attached hydrogen (secondary N) is 1. The first-order valence-electron chi connectivity index (χ1n) is 5.94. The first kappa shape index (κ1) is 14.9. The summed E-state index contributed by atoms with van der Waals surface area (Å²) in [5, 5.41) is 3.43. The molecule has 0 saturated carbocycles. The van der Waals surface area contributed by atoms with Crippen molar-refractivity contribution in [3.63, 3.8) is 0 Å². The lowest BCUT2D eigenvalue weighted by Crippen LogP contribution is -2.40. The van der Waals surface area contributed by atoms with Crippen LogP contribution in [0, 0.1) is 17.8 Å². The second kappa shape index (κ2) is 8.08. The molecule has 0 heterocycles. The Bertz CT molecular complexity index is 141. The van der Waals surface area contributed by atoms with Gasteiger partial charge in [0.2, 0.25) is 0 Å². The van der Waals surface area contributed by atoms with Gasteiger partial charge in [0.05, 0.1) is 6.61 Å². The average Bonchev–Trinajstić information content (AvgIpc) is 2.11. The van der Waals surface area contributed by atoms with E-state index in [0.29, 0.717) is 6.61 Å². The average molecular weight is 216 g/mol. The van der Waals surface area contributed by atoms with Gasteiger partial charge in [0.25, 0.3) is 0 Å². The molecule has 0 rings (SSSR count). The summed E-state index contributed by atoms with van der Waals surface area (Å²) in [6.07, 6.45) is 0. The summed E-state index contributed by atoms with van der Waals surface area (Å²) >= 11 is 0. The van der Waals surface area contributed by atoms with Crippen molar-refractivity contribution in [1.29, 1.82) is 0 Å². The Labute approximate surface area is 94.8 Å². The fourth-order valence-corrected chi connectivity index (χ4v) is 1.95. The van der Waals surface area contributed by atoms with Crippen LogP contribution in [0.25, 0.3) is 0 Å². The summed E-state index contributed by atoms with van der Waals surface area (Å²) in [6.45, 7) is 11.6. The van der Waals surface area contributed by atoms with E-state index in [1.165, 1.54) is 0 Å². The minimum atomic E-state index is 0.106. The van der Waals surface area contributed by atoms with Gasteiger partial charge in [-0.3, -0.25) is 0 Å². The summed E-state index contributed by atoms with van der Waals surface area (Å²) in [5.74, 6) is 2.16. The highest BCUT2D eigenvalue weighted by molar-refractivity contribution is 4.71. The smallest absolute Gasteiger partial charge is 0.0626 e. The molecule has 1 atom stereocenters. The van der Waals surface area contributed by atoms with E-state index < -0.39 is 0 Å². The Morgan fingerprint density at radius 2 is 1.60 bits per heavy atom. The van der Waals surface area contributed by atoms with Gasteiger partial charge in [-0.1, -0.05) is 27.7 Å². The van der Waals surface area contributed by atoms with Gasteiger partial charge in [0.15, 0.2) is 0 Å². The maximum Gasteiger partial charge on any atom is 0.0626 e. The van der Waals surface area contributed by atoms with Crippen molar-refractivity contribution in [3.05, 3.63) is 0 Å². The molecular formula is C12H28N2O. The Morgan fingerprint density at radius 1 is 1.07 bits per heavy atom. The van der Waals surface area contributed by atoms with Crippen LogP contribution in [-0.2, 0) is 4.74 Å². The van der Waals surface area contributed by atoms with Gasteiger partial charge in [0.1, 0.15) is 0 Å². The van der Waals surface area contributed by atoms with Crippen molar-refractivity contribution in [2.75, 3.05) is 26.8 Å². The van der Waals surface area contributed by atoms with E-state index in [0.717, 1.165) is 30.8 Å². The summed E-state index contributed by atoms with van der Waals surface area (Å²) in [5.41, 5.74) is 5.84. The molecule has 3 heteroatoms. The van der Waals surface area contributed by atoms with Crippen LogP contribution in [0.3, 0.4) is 0 Å². The molecular weight excluding hydrogens is 188 g/mol. The number of hydrogen-bond donors (Lipinski definition) is 2. The normalized spacial score (nSPS) is 14.2. The van der Waals surface area contributed by atoms with Crippen molar-refractivity contribution in [2.45, 2.75) is 33.7 Å². The largest absolute Gasteiger partial charge is 0.383 e. The summed E-state index contributed by atoms with van der Waals surface area (Å²) in [4.78, 5) is 0. The highest BCUT2D eigenvalue weighted by atomic mass is 16.5. The van der Waals surface area contributed by atoms with Crippen LogP contribution in [0.5, 0.6) is 0 Å². The third-order valence-corrected chi connectivity index (χ3v) is 2.88. The quantitative estimate of drug-likeness (QED) is 0.646. The molecule has 0 aliphatic rings. The van der Waals surface area contributed by atoms with Gasteiger partial charge < -0.3 is 15.8 Å². The summed E-state index contributed by atoms with van der Waals surface area (Å²) in [6, 6.07) is 0.106. The fraction of sp³-hybridized carbons (Fsp3) is 1.00. The SMILES string of the molecule is COCC(N)CNCC(C(C)C)C(C)C. The van der Waals surface area contributed by atoms with Crippen LogP contribution in [0.2, 0.25) is 0 Å². The van der Waals surface area contributed by atoms with Crippen LogP contribution in [0.1, 0.15) is 27.7 Å².